The standard InChI is InChI=1S/C21H19NO6S/c1-29(25,26)15-17-7-8-18(22(23)24)13-21(17)28-20-11-9-19(10-12-20)27-14-16-5-3-2-4-6-16/h2-13H,14-15H2,1H3. The molecule has 0 saturated heterocycles. The molecule has 0 bridgehead atoms. The molecule has 29 heavy (non-hydrogen) atoms. The van der Waals surface area contributed by atoms with Crippen LogP contribution in [0.4, 0.5) is 5.69 Å². The second kappa shape index (κ2) is 8.74. The molecule has 0 unspecified atom stereocenters. The maximum absolute atomic E-state index is 11.7. The smallest absolute Gasteiger partial charge is 0.273 e. The molecule has 0 atom stereocenters. The summed E-state index contributed by atoms with van der Waals surface area (Å²) in [5.74, 6) is 0.894. The van der Waals surface area contributed by atoms with Crippen molar-refractivity contribution in [2.75, 3.05) is 6.26 Å². The minimum Gasteiger partial charge on any atom is -0.489 e. The molecular formula is C21H19NO6S. The molecular weight excluding hydrogens is 394 g/mol. The minimum atomic E-state index is -3.34. The van der Waals surface area contributed by atoms with Gasteiger partial charge >= 0.3 is 0 Å². The van der Waals surface area contributed by atoms with Gasteiger partial charge in [-0.05, 0) is 35.9 Å². The first kappa shape index (κ1) is 20.3. The average Bonchev–Trinajstić information content (AvgIpc) is 2.68. The van der Waals surface area contributed by atoms with Crippen LogP contribution in [0.3, 0.4) is 0 Å². The number of hydrogen-bond acceptors (Lipinski definition) is 6. The Hall–Kier alpha value is -3.39. The lowest BCUT2D eigenvalue weighted by atomic mass is 10.2. The zero-order valence-electron chi connectivity index (χ0n) is 15.6. The normalized spacial score (nSPS) is 11.1. The molecule has 0 aliphatic carbocycles. The molecule has 7 nitrogen and oxygen atoms in total. The Labute approximate surface area is 168 Å². The van der Waals surface area contributed by atoms with Gasteiger partial charge < -0.3 is 9.47 Å². The predicted octanol–water partition coefficient (Wildman–Crippen LogP) is 4.51. The van der Waals surface area contributed by atoms with E-state index in [1.54, 1.807) is 24.3 Å². The van der Waals surface area contributed by atoms with Crippen LogP contribution in [-0.4, -0.2) is 19.6 Å². The Morgan fingerprint density at radius 1 is 0.931 bits per heavy atom. The Morgan fingerprint density at radius 2 is 1.59 bits per heavy atom. The van der Waals surface area contributed by atoms with Crippen molar-refractivity contribution >= 4 is 15.5 Å². The fourth-order valence-electron chi connectivity index (χ4n) is 2.63. The van der Waals surface area contributed by atoms with Crippen LogP contribution in [0.2, 0.25) is 0 Å². The van der Waals surface area contributed by atoms with Crippen molar-refractivity contribution < 1.29 is 22.8 Å². The van der Waals surface area contributed by atoms with Gasteiger partial charge in [0.15, 0.2) is 9.84 Å². The second-order valence-corrected chi connectivity index (χ2v) is 8.61. The first-order chi connectivity index (χ1) is 13.8. The van der Waals surface area contributed by atoms with Crippen LogP contribution in [-0.2, 0) is 22.2 Å². The zero-order chi connectivity index (χ0) is 20.9. The van der Waals surface area contributed by atoms with Crippen molar-refractivity contribution in [1.82, 2.24) is 0 Å². The van der Waals surface area contributed by atoms with E-state index in [1.807, 2.05) is 30.3 Å². The number of nitrogens with zero attached hydrogens (tertiary/aromatic N) is 1. The summed E-state index contributed by atoms with van der Waals surface area (Å²) in [6.45, 7) is 0.421. The number of nitro benzene ring substituents is 1. The van der Waals surface area contributed by atoms with Crippen LogP contribution in [0, 0.1) is 10.1 Å². The summed E-state index contributed by atoms with van der Waals surface area (Å²) in [6, 6.07) is 20.3. The third kappa shape index (κ3) is 6.05. The summed E-state index contributed by atoms with van der Waals surface area (Å²) in [7, 11) is -3.34. The number of nitro groups is 1. The van der Waals surface area contributed by atoms with E-state index in [4.69, 9.17) is 9.47 Å². The van der Waals surface area contributed by atoms with Crippen molar-refractivity contribution in [2.45, 2.75) is 12.4 Å². The lowest BCUT2D eigenvalue weighted by Crippen LogP contribution is -2.03. The molecule has 0 radical (unpaired) electrons. The summed E-state index contributed by atoms with van der Waals surface area (Å²) >= 11 is 0. The van der Waals surface area contributed by atoms with E-state index < -0.39 is 14.8 Å². The minimum absolute atomic E-state index is 0.127. The fourth-order valence-corrected chi connectivity index (χ4v) is 3.43. The van der Waals surface area contributed by atoms with Gasteiger partial charge in [0.2, 0.25) is 0 Å². The van der Waals surface area contributed by atoms with E-state index in [1.165, 1.54) is 18.2 Å². The molecule has 0 fully saturated rings. The quantitative estimate of drug-likeness (QED) is 0.398. The third-order valence-electron chi connectivity index (χ3n) is 3.98. The van der Waals surface area contributed by atoms with Crippen LogP contribution >= 0.6 is 0 Å². The number of benzene rings is 3. The zero-order valence-corrected chi connectivity index (χ0v) is 16.5. The van der Waals surface area contributed by atoms with Gasteiger partial charge in [0.1, 0.15) is 23.9 Å². The molecule has 3 aromatic carbocycles. The topological polar surface area (TPSA) is 95.7 Å². The summed E-state index contributed by atoms with van der Waals surface area (Å²) in [5, 5.41) is 11.1. The lowest BCUT2D eigenvalue weighted by molar-refractivity contribution is -0.384. The highest BCUT2D eigenvalue weighted by Crippen LogP contribution is 2.31. The van der Waals surface area contributed by atoms with Crippen LogP contribution in [0.25, 0.3) is 0 Å². The third-order valence-corrected chi connectivity index (χ3v) is 4.81. The Bertz CT molecular complexity index is 1100. The van der Waals surface area contributed by atoms with Gasteiger partial charge in [0, 0.05) is 17.9 Å². The number of ether oxygens (including phenoxy) is 2. The van der Waals surface area contributed by atoms with Crippen molar-refractivity contribution in [3.05, 3.63) is 94.0 Å². The van der Waals surface area contributed by atoms with Crippen LogP contribution < -0.4 is 9.47 Å². The molecule has 3 rings (SSSR count). The largest absolute Gasteiger partial charge is 0.489 e. The van der Waals surface area contributed by atoms with E-state index >= 15 is 0 Å². The van der Waals surface area contributed by atoms with Gasteiger partial charge in [-0.15, -0.1) is 0 Å². The van der Waals surface area contributed by atoms with Gasteiger partial charge in [-0.1, -0.05) is 30.3 Å². The second-order valence-electron chi connectivity index (χ2n) is 6.47. The Kier molecular flexibility index (Phi) is 6.13. The van der Waals surface area contributed by atoms with Gasteiger partial charge in [0.25, 0.3) is 5.69 Å². The molecule has 8 heteroatoms. The summed E-state index contributed by atoms with van der Waals surface area (Å²) in [6.07, 6.45) is 1.09. The highest BCUT2D eigenvalue weighted by atomic mass is 32.2. The number of sulfone groups is 1. The molecule has 0 N–H and O–H groups in total. The molecule has 0 aliphatic heterocycles. The molecule has 150 valence electrons. The average molecular weight is 413 g/mol. The first-order valence-corrected chi connectivity index (χ1v) is 10.8. The first-order valence-electron chi connectivity index (χ1n) is 8.70. The van der Waals surface area contributed by atoms with E-state index in [-0.39, 0.29) is 17.2 Å². The maximum atomic E-state index is 11.7. The lowest BCUT2D eigenvalue weighted by Gasteiger charge is -2.12. The van der Waals surface area contributed by atoms with Crippen molar-refractivity contribution in [3.63, 3.8) is 0 Å². The molecule has 0 spiro atoms. The van der Waals surface area contributed by atoms with E-state index in [2.05, 4.69) is 0 Å². The van der Waals surface area contributed by atoms with E-state index in [0.29, 0.717) is 23.7 Å². The maximum Gasteiger partial charge on any atom is 0.273 e. The van der Waals surface area contributed by atoms with Gasteiger partial charge in [-0.25, -0.2) is 8.42 Å². The fraction of sp³-hybridized carbons (Fsp3) is 0.143. The van der Waals surface area contributed by atoms with Gasteiger partial charge in [-0.2, -0.15) is 0 Å². The van der Waals surface area contributed by atoms with Crippen LogP contribution in [0.15, 0.2) is 72.8 Å². The molecule has 0 aliphatic rings. The monoisotopic (exact) mass is 413 g/mol. The summed E-state index contributed by atoms with van der Waals surface area (Å²) in [5.41, 5.74) is 1.21. The number of hydrogen-bond donors (Lipinski definition) is 0. The molecule has 3 aromatic rings. The molecule has 0 heterocycles. The van der Waals surface area contributed by atoms with Crippen molar-refractivity contribution in [3.8, 4) is 17.2 Å². The molecule has 0 aromatic heterocycles. The van der Waals surface area contributed by atoms with Crippen molar-refractivity contribution in [2.24, 2.45) is 0 Å². The summed E-state index contributed by atoms with van der Waals surface area (Å²) in [4.78, 5) is 10.5. The van der Waals surface area contributed by atoms with Crippen molar-refractivity contribution in [1.29, 1.82) is 0 Å². The van der Waals surface area contributed by atoms with Crippen LogP contribution in [0.5, 0.6) is 17.2 Å². The number of non-ortho nitro benzene ring substituents is 1. The van der Waals surface area contributed by atoms with E-state index in [0.717, 1.165) is 11.8 Å². The highest BCUT2D eigenvalue weighted by molar-refractivity contribution is 7.89. The SMILES string of the molecule is CS(=O)(=O)Cc1ccc([N+](=O)[O-])cc1Oc1ccc(OCc2ccccc2)cc1. The van der Waals surface area contributed by atoms with Gasteiger partial charge in [-0.3, -0.25) is 10.1 Å². The summed E-state index contributed by atoms with van der Waals surface area (Å²) < 4.78 is 34.8. The molecule has 0 amide bonds. The molecule has 0 saturated carbocycles. The predicted molar refractivity (Wildman–Crippen MR) is 109 cm³/mol. The Balaban J connectivity index is 1.76. The van der Waals surface area contributed by atoms with Crippen LogP contribution in [0.1, 0.15) is 11.1 Å². The number of rotatable bonds is 8. The highest BCUT2D eigenvalue weighted by Gasteiger charge is 2.16. The van der Waals surface area contributed by atoms with E-state index in [9.17, 15) is 18.5 Å². The van der Waals surface area contributed by atoms with Gasteiger partial charge in [0.05, 0.1) is 16.7 Å². The Morgan fingerprint density at radius 3 is 2.21 bits per heavy atom.